The lowest BCUT2D eigenvalue weighted by Crippen LogP contribution is -2.40. The van der Waals surface area contributed by atoms with Crippen LogP contribution in [0.1, 0.15) is 163 Å². The molecule has 278 valence electrons. The predicted octanol–water partition coefficient (Wildman–Crippen LogP) is 12.0. The van der Waals surface area contributed by atoms with Crippen LogP contribution in [0.5, 0.6) is 11.5 Å². The molecule has 0 spiro atoms. The van der Waals surface area contributed by atoms with Crippen molar-refractivity contribution < 1.29 is 24.5 Å². The molecule has 5 nitrogen and oxygen atoms in total. The molecular weight excluding hydrogens is 748 g/mol. The lowest BCUT2D eigenvalue weighted by Gasteiger charge is -2.48. The van der Waals surface area contributed by atoms with E-state index in [1.54, 1.807) is 12.1 Å². The van der Waals surface area contributed by atoms with Gasteiger partial charge in [0.15, 0.2) is 0 Å². The molecule has 4 aromatic carbocycles. The number of fused-ring (bicyclic) bond motifs is 4. The first-order valence-electron chi connectivity index (χ1n) is 19.1. The fourth-order valence-electron chi connectivity index (χ4n) is 9.55. The third kappa shape index (κ3) is 6.12. The zero-order valence-corrected chi connectivity index (χ0v) is 33.9. The Labute approximate surface area is 327 Å². The van der Waals surface area contributed by atoms with Crippen LogP contribution in [0.2, 0.25) is 0 Å². The maximum atomic E-state index is 11.5. The number of aromatic carboxylic acids is 1. The lowest BCUT2D eigenvalue weighted by atomic mass is 9.56. The van der Waals surface area contributed by atoms with Gasteiger partial charge < -0.3 is 19.7 Å². The van der Waals surface area contributed by atoms with Gasteiger partial charge in [-0.15, -0.1) is 11.6 Å². The highest BCUT2D eigenvalue weighted by molar-refractivity contribution is 9.09. The van der Waals surface area contributed by atoms with Crippen LogP contribution in [0, 0.1) is 0 Å². The summed E-state index contributed by atoms with van der Waals surface area (Å²) in [6.07, 6.45) is 6.05. The summed E-state index contributed by atoms with van der Waals surface area (Å²) in [5, 5.41) is 18.6. The van der Waals surface area contributed by atoms with E-state index >= 15 is 0 Å². The molecule has 0 fully saturated rings. The summed E-state index contributed by atoms with van der Waals surface area (Å²) in [6, 6.07) is 24.4. The molecule has 2 aliphatic carbocycles. The fraction of sp³-hybridized carbons (Fsp3) is 0.457. The van der Waals surface area contributed by atoms with E-state index in [9.17, 15) is 15.0 Å². The van der Waals surface area contributed by atoms with Gasteiger partial charge in [0, 0.05) is 11.1 Å². The number of aliphatic hydroxyl groups is 1. The number of aliphatic hydroxyl groups excluding tert-OH is 1. The van der Waals surface area contributed by atoms with Gasteiger partial charge in [-0.3, -0.25) is 0 Å². The highest BCUT2D eigenvalue weighted by Crippen LogP contribution is 2.59. The molecule has 0 saturated heterocycles. The van der Waals surface area contributed by atoms with E-state index in [4.69, 9.17) is 21.1 Å². The zero-order valence-electron chi connectivity index (χ0n) is 31.6. The molecule has 4 aromatic rings. The average molecular weight is 798 g/mol. The van der Waals surface area contributed by atoms with Crippen molar-refractivity contribution in [3.63, 3.8) is 0 Å². The van der Waals surface area contributed by atoms with Crippen LogP contribution in [-0.2, 0) is 28.3 Å². The highest BCUT2D eigenvalue weighted by atomic mass is 79.9. The molecule has 0 amide bonds. The minimum Gasteiger partial charge on any atom is -0.484 e. The molecule has 6 atom stereocenters. The average Bonchev–Trinajstić information content (AvgIpc) is 3.65. The van der Waals surface area contributed by atoms with Gasteiger partial charge in [-0.05, 0) is 136 Å². The van der Waals surface area contributed by atoms with Gasteiger partial charge in [0.05, 0.1) is 17.0 Å². The van der Waals surface area contributed by atoms with Crippen molar-refractivity contribution in [2.75, 3.05) is 0 Å². The highest BCUT2D eigenvalue weighted by Gasteiger charge is 2.47. The molecule has 2 N–H and O–H groups in total. The van der Waals surface area contributed by atoms with Crippen molar-refractivity contribution in [3.8, 4) is 11.5 Å². The second kappa shape index (κ2) is 12.9. The molecule has 0 radical (unpaired) electrons. The number of carbonyl (C=O) groups is 1. The van der Waals surface area contributed by atoms with E-state index in [1.165, 1.54) is 27.8 Å². The summed E-state index contributed by atoms with van der Waals surface area (Å²) < 4.78 is 13.3. The number of hydrogen-bond acceptors (Lipinski definition) is 4. The summed E-state index contributed by atoms with van der Waals surface area (Å²) >= 11 is 11.2. The van der Waals surface area contributed by atoms with Crippen LogP contribution in [-0.4, -0.2) is 16.2 Å². The Morgan fingerprint density at radius 2 is 1.17 bits per heavy atom. The first-order valence-corrected chi connectivity index (χ1v) is 20.4. The predicted molar refractivity (Wildman–Crippen MR) is 214 cm³/mol. The van der Waals surface area contributed by atoms with E-state index < -0.39 is 5.97 Å². The first kappa shape index (κ1) is 36.6. The zero-order chi connectivity index (χ0) is 37.7. The van der Waals surface area contributed by atoms with Crippen LogP contribution < -0.4 is 9.47 Å². The SMILES string of the molecule is CC1(C)CCC(C)(CCC2(C)CCC(C)(C)c3cc4c(cc32)C(Cl)C(c2ccc(C(=O)O)cc2)O4)c2cc3c(cc21)C(Br)C(c1ccc(CO)cc1)O3. The van der Waals surface area contributed by atoms with Crippen LogP contribution in [0.3, 0.4) is 0 Å². The van der Waals surface area contributed by atoms with Crippen LogP contribution >= 0.6 is 27.5 Å². The summed E-state index contributed by atoms with van der Waals surface area (Å²) in [7, 11) is 0. The van der Waals surface area contributed by atoms with Crippen molar-refractivity contribution in [1.29, 1.82) is 0 Å². The second-order valence-corrected chi connectivity index (χ2v) is 19.4. The monoisotopic (exact) mass is 796 g/mol. The molecule has 0 bridgehead atoms. The van der Waals surface area contributed by atoms with E-state index in [0.717, 1.165) is 72.3 Å². The van der Waals surface area contributed by atoms with Gasteiger partial charge in [0.1, 0.15) is 29.1 Å². The van der Waals surface area contributed by atoms with Gasteiger partial charge in [-0.2, -0.15) is 0 Å². The van der Waals surface area contributed by atoms with E-state index in [2.05, 4.69) is 93.9 Å². The summed E-state index contributed by atoms with van der Waals surface area (Å²) in [5.74, 6) is 0.862. The Bertz CT molecular complexity index is 2090. The van der Waals surface area contributed by atoms with Gasteiger partial charge in [-0.25, -0.2) is 4.79 Å². The number of ether oxygens (including phenoxy) is 2. The number of benzene rings is 4. The molecule has 7 heteroatoms. The molecule has 6 unspecified atom stereocenters. The van der Waals surface area contributed by atoms with Crippen LogP contribution in [0.25, 0.3) is 0 Å². The van der Waals surface area contributed by atoms with Gasteiger partial charge in [-0.1, -0.05) is 93.9 Å². The smallest absolute Gasteiger partial charge is 0.335 e. The Kier molecular flexibility index (Phi) is 8.91. The second-order valence-electron chi connectivity index (χ2n) is 18.0. The van der Waals surface area contributed by atoms with Crippen LogP contribution in [0.15, 0.2) is 72.8 Å². The molecule has 53 heavy (non-hydrogen) atoms. The van der Waals surface area contributed by atoms with Crippen molar-refractivity contribution in [2.45, 2.75) is 131 Å². The topological polar surface area (TPSA) is 76.0 Å². The molecule has 8 rings (SSSR count). The Morgan fingerprint density at radius 1 is 0.698 bits per heavy atom. The summed E-state index contributed by atoms with van der Waals surface area (Å²) in [5.41, 5.74) is 11.0. The first-order chi connectivity index (χ1) is 25.0. The van der Waals surface area contributed by atoms with E-state index in [1.807, 2.05) is 24.3 Å². The van der Waals surface area contributed by atoms with E-state index in [-0.39, 0.29) is 56.2 Å². The van der Waals surface area contributed by atoms with Crippen molar-refractivity contribution >= 4 is 33.5 Å². The standard InChI is InChI=1S/C46H50BrClO5/c1-43(2)15-18-46(6,35-24-36-30(21-32(35)43)38(47)40(52-36)27-9-7-26(25-49)8-10-27)20-19-45(5)17-16-44(3,4)33-23-37-31(22-34(33)45)39(48)41(53-37)28-11-13-29(14-12-28)42(50)51/h7-14,21-24,38-41,49H,15-20,25H2,1-6H3,(H,50,51). The number of carboxylic acid groups (broad SMARTS) is 1. The summed E-state index contributed by atoms with van der Waals surface area (Å²) in [4.78, 5) is 11.5. The normalized spacial score (nSPS) is 28.9. The molecule has 0 aromatic heterocycles. The molecular formula is C46H50BrClO5. The number of alkyl halides is 2. The minimum absolute atomic E-state index is 0.000694. The molecule has 2 aliphatic heterocycles. The van der Waals surface area contributed by atoms with Crippen molar-refractivity contribution in [3.05, 3.63) is 128 Å². The van der Waals surface area contributed by atoms with Gasteiger partial charge in [0.25, 0.3) is 0 Å². The number of rotatable bonds is 7. The Balaban J connectivity index is 1.10. The fourth-order valence-corrected chi connectivity index (χ4v) is 10.7. The molecule has 0 saturated carbocycles. The third-order valence-corrected chi connectivity index (χ3v) is 14.9. The van der Waals surface area contributed by atoms with E-state index in [0.29, 0.717) is 0 Å². The largest absolute Gasteiger partial charge is 0.484 e. The Morgan fingerprint density at radius 3 is 1.75 bits per heavy atom. The number of hydrogen-bond donors (Lipinski definition) is 2. The van der Waals surface area contributed by atoms with Crippen molar-refractivity contribution in [2.24, 2.45) is 0 Å². The number of carboxylic acids is 1. The molecule has 2 heterocycles. The maximum absolute atomic E-state index is 11.5. The Hall–Kier alpha value is -3.32. The summed E-state index contributed by atoms with van der Waals surface area (Å²) in [6.45, 7) is 14.4. The quantitative estimate of drug-likeness (QED) is 0.182. The van der Waals surface area contributed by atoms with Crippen molar-refractivity contribution in [1.82, 2.24) is 0 Å². The van der Waals surface area contributed by atoms with Crippen LogP contribution in [0.4, 0.5) is 0 Å². The van der Waals surface area contributed by atoms with Gasteiger partial charge >= 0.3 is 5.97 Å². The minimum atomic E-state index is -0.946. The lowest BCUT2D eigenvalue weighted by molar-refractivity contribution is 0.0696. The molecule has 4 aliphatic rings. The third-order valence-electron chi connectivity index (χ3n) is 13.5. The van der Waals surface area contributed by atoms with Gasteiger partial charge in [0.2, 0.25) is 0 Å². The maximum Gasteiger partial charge on any atom is 0.335 e. The number of halogens is 2.